The topological polar surface area (TPSA) is 53.4 Å². The summed E-state index contributed by atoms with van der Waals surface area (Å²) >= 11 is 1.52. The van der Waals surface area contributed by atoms with Gasteiger partial charge in [-0.25, -0.2) is 4.98 Å². The summed E-state index contributed by atoms with van der Waals surface area (Å²) < 4.78 is 0. The maximum absolute atomic E-state index is 12.7. The summed E-state index contributed by atoms with van der Waals surface area (Å²) in [5, 5.41) is 11.1. The lowest BCUT2D eigenvalue weighted by molar-refractivity contribution is 0.0453. The van der Waals surface area contributed by atoms with Crippen LogP contribution < -0.4 is 0 Å². The third kappa shape index (κ3) is 4.29. The van der Waals surface area contributed by atoms with Gasteiger partial charge in [0.15, 0.2) is 0 Å². The maximum Gasteiger partial charge on any atom is 0.265 e. The first-order valence-electron chi connectivity index (χ1n) is 8.28. The number of thiazole rings is 1. The van der Waals surface area contributed by atoms with E-state index in [1.54, 1.807) is 4.90 Å². The number of amides is 1. The van der Waals surface area contributed by atoms with E-state index in [4.69, 9.17) is 0 Å². The molecular formula is C17H28N2O2S. The number of aromatic nitrogens is 1. The predicted octanol–water partition coefficient (Wildman–Crippen LogP) is 3.27. The van der Waals surface area contributed by atoms with Gasteiger partial charge < -0.3 is 10.0 Å². The fraction of sp³-hybridized carbons (Fsp3) is 0.765. The number of hydrogen-bond donors (Lipinski definition) is 1. The van der Waals surface area contributed by atoms with Gasteiger partial charge in [-0.05, 0) is 25.7 Å². The molecule has 0 spiro atoms. The third-order valence-electron chi connectivity index (χ3n) is 4.34. The van der Waals surface area contributed by atoms with E-state index in [0.29, 0.717) is 12.5 Å². The van der Waals surface area contributed by atoms with E-state index in [2.05, 4.69) is 18.8 Å². The van der Waals surface area contributed by atoms with E-state index in [-0.39, 0.29) is 17.9 Å². The van der Waals surface area contributed by atoms with Gasteiger partial charge in [0.1, 0.15) is 4.88 Å². The van der Waals surface area contributed by atoms with Gasteiger partial charge in [-0.1, -0.05) is 26.7 Å². The summed E-state index contributed by atoms with van der Waals surface area (Å²) in [6.07, 6.45) is 4.79. The quantitative estimate of drug-likeness (QED) is 0.904. The molecule has 2 atom stereocenters. The maximum atomic E-state index is 12.7. The van der Waals surface area contributed by atoms with Gasteiger partial charge in [-0.3, -0.25) is 4.79 Å². The molecule has 0 aliphatic heterocycles. The molecule has 1 saturated carbocycles. The molecular weight excluding hydrogens is 296 g/mol. The highest BCUT2D eigenvalue weighted by Gasteiger charge is 2.27. The summed E-state index contributed by atoms with van der Waals surface area (Å²) in [5.41, 5.74) is 0.835. The molecule has 0 saturated heterocycles. The van der Waals surface area contributed by atoms with Gasteiger partial charge in [0.25, 0.3) is 5.91 Å². The minimum atomic E-state index is -0.261. The van der Waals surface area contributed by atoms with Crippen LogP contribution in [0.15, 0.2) is 0 Å². The molecule has 1 aliphatic rings. The highest BCUT2D eigenvalue weighted by atomic mass is 32.1. The molecule has 1 heterocycles. The van der Waals surface area contributed by atoms with Crippen LogP contribution >= 0.6 is 11.3 Å². The van der Waals surface area contributed by atoms with E-state index < -0.39 is 0 Å². The molecule has 0 bridgehead atoms. The zero-order valence-electron chi connectivity index (χ0n) is 14.1. The fourth-order valence-corrected chi connectivity index (χ4v) is 4.37. The van der Waals surface area contributed by atoms with Crippen LogP contribution in [-0.4, -0.2) is 40.6 Å². The fourth-order valence-electron chi connectivity index (χ4n) is 3.10. The first-order valence-corrected chi connectivity index (χ1v) is 9.10. The van der Waals surface area contributed by atoms with Gasteiger partial charge in [0.2, 0.25) is 0 Å². The van der Waals surface area contributed by atoms with Crippen LogP contribution in [0.25, 0.3) is 0 Å². The molecule has 5 heteroatoms. The van der Waals surface area contributed by atoms with Gasteiger partial charge in [0, 0.05) is 25.9 Å². The highest BCUT2D eigenvalue weighted by molar-refractivity contribution is 7.13. The molecule has 4 nitrogen and oxygen atoms in total. The molecule has 124 valence electrons. The van der Waals surface area contributed by atoms with Crippen LogP contribution in [0.4, 0.5) is 0 Å². The molecule has 22 heavy (non-hydrogen) atoms. The van der Waals surface area contributed by atoms with Crippen molar-refractivity contribution in [2.24, 2.45) is 11.8 Å². The number of nitrogens with zero attached hydrogens (tertiary/aromatic N) is 2. The van der Waals surface area contributed by atoms with Gasteiger partial charge in [-0.15, -0.1) is 11.3 Å². The van der Waals surface area contributed by atoms with Crippen LogP contribution in [0, 0.1) is 18.8 Å². The van der Waals surface area contributed by atoms with Crippen LogP contribution in [-0.2, 0) is 6.42 Å². The van der Waals surface area contributed by atoms with Crippen molar-refractivity contribution in [2.75, 3.05) is 13.6 Å². The number of aryl methyl sites for hydroxylation is 1. The van der Waals surface area contributed by atoms with E-state index >= 15 is 0 Å². The van der Waals surface area contributed by atoms with Gasteiger partial charge in [-0.2, -0.15) is 0 Å². The Balaban J connectivity index is 2.02. The summed E-state index contributed by atoms with van der Waals surface area (Å²) in [7, 11) is 1.84. The first kappa shape index (κ1) is 17.4. The molecule has 1 amide bonds. The zero-order valence-corrected chi connectivity index (χ0v) is 14.9. The monoisotopic (exact) mass is 324 g/mol. The van der Waals surface area contributed by atoms with Crippen LogP contribution in [0.5, 0.6) is 0 Å². The van der Waals surface area contributed by atoms with E-state index in [0.717, 1.165) is 47.7 Å². The lowest BCUT2D eigenvalue weighted by atomic mass is 9.86. The van der Waals surface area contributed by atoms with Crippen molar-refractivity contribution in [3.8, 4) is 0 Å². The van der Waals surface area contributed by atoms with E-state index in [9.17, 15) is 9.90 Å². The summed E-state index contributed by atoms with van der Waals surface area (Å²) in [6.45, 7) is 6.87. The molecule has 1 aromatic heterocycles. The Morgan fingerprint density at radius 3 is 2.73 bits per heavy atom. The second-order valence-corrected chi connectivity index (χ2v) is 8.00. The average molecular weight is 324 g/mol. The van der Waals surface area contributed by atoms with Gasteiger partial charge in [0.05, 0.1) is 16.8 Å². The summed E-state index contributed by atoms with van der Waals surface area (Å²) in [6, 6.07) is 0. The Morgan fingerprint density at radius 2 is 2.09 bits per heavy atom. The SMILES string of the molecule is Cc1nc(CC(C)C)sc1C(=O)N(C)CC1CCCCC1O. The Labute approximate surface area is 137 Å². The largest absolute Gasteiger partial charge is 0.393 e. The van der Waals surface area contributed by atoms with Crippen LogP contribution in [0.2, 0.25) is 0 Å². The van der Waals surface area contributed by atoms with E-state index in [1.165, 1.54) is 11.3 Å². The van der Waals surface area contributed by atoms with Crippen molar-refractivity contribution < 1.29 is 9.90 Å². The minimum absolute atomic E-state index is 0.0442. The van der Waals surface area contributed by atoms with Crippen LogP contribution in [0.1, 0.15) is 59.9 Å². The number of hydrogen-bond acceptors (Lipinski definition) is 4. The van der Waals surface area contributed by atoms with Crippen molar-refractivity contribution in [1.29, 1.82) is 0 Å². The molecule has 0 radical (unpaired) electrons. The summed E-state index contributed by atoms with van der Waals surface area (Å²) in [4.78, 5) is 19.7. The minimum Gasteiger partial charge on any atom is -0.393 e. The standard InChI is InChI=1S/C17H28N2O2S/c1-11(2)9-15-18-12(3)16(22-15)17(21)19(4)10-13-7-5-6-8-14(13)20/h11,13-14,20H,5-10H2,1-4H3. The van der Waals surface area contributed by atoms with Crippen LogP contribution in [0.3, 0.4) is 0 Å². The van der Waals surface area contributed by atoms with E-state index in [1.807, 2.05) is 14.0 Å². The average Bonchev–Trinajstić information content (AvgIpc) is 2.80. The van der Waals surface area contributed by atoms with Crippen molar-refractivity contribution in [3.05, 3.63) is 15.6 Å². The summed E-state index contributed by atoms with van der Waals surface area (Å²) in [5.74, 6) is 0.803. The molecule has 2 rings (SSSR count). The molecule has 1 aromatic rings. The van der Waals surface area contributed by atoms with Gasteiger partial charge >= 0.3 is 0 Å². The normalized spacial score (nSPS) is 22.1. The molecule has 2 unspecified atom stereocenters. The number of aliphatic hydroxyl groups is 1. The Hall–Kier alpha value is -0.940. The first-order chi connectivity index (χ1) is 10.4. The lowest BCUT2D eigenvalue weighted by Crippen LogP contribution is -2.38. The number of carbonyl (C=O) groups excluding carboxylic acids is 1. The Kier molecular flexibility index (Phi) is 5.98. The third-order valence-corrected chi connectivity index (χ3v) is 5.51. The molecule has 1 fully saturated rings. The number of rotatable bonds is 5. The molecule has 1 aliphatic carbocycles. The molecule has 1 N–H and O–H groups in total. The second-order valence-electron chi connectivity index (χ2n) is 6.92. The number of carbonyl (C=O) groups is 1. The number of aliphatic hydroxyl groups excluding tert-OH is 1. The predicted molar refractivity (Wildman–Crippen MR) is 90.3 cm³/mol. The van der Waals surface area contributed by atoms with Crippen molar-refractivity contribution in [2.45, 2.75) is 59.0 Å². The smallest absolute Gasteiger partial charge is 0.265 e. The Bertz CT molecular complexity index is 513. The lowest BCUT2D eigenvalue weighted by Gasteiger charge is -2.31. The Morgan fingerprint density at radius 1 is 1.41 bits per heavy atom. The van der Waals surface area contributed by atoms with Crippen molar-refractivity contribution >= 4 is 17.2 Å². The second kappa shape index (κ2) is 7.55. The molecule has 0 aromatic carbocycles. The highest BCUT2D eigenvalue weighted by Crippen LogP contribution is 2.27. The van der Waals surface area contributed by atoms with Crippen molar-refractivity contribution in [1.82, 2.24) is 9.88 Å². The zero-order chi connectivity index (χ0) is 16.3. The van der Waals surface area contributed by atoms with Crippen molar-refractivity contribution in [3.63, 3.8) is 0 Å².